The van der Waals surface area contributed by atoms with E-state index in [2.05, 4.69) is 12.2 Å². The van der Waals surface area contributed by atoms with Gasteiger partial charge in [0.25, 0.3) is 0 Å². The van der Waals surface area contributed by atoms with Crippen LogP contribution < -0.4 is 0 Å². The second kappa shape index (κ2) is 5.65. The number of ether oxygens (including phenoxy) is 1. The summed E-state index contributed by atoms with van der Waals surface area (Å²) < 4.78 is 5.45. The number of allylic oxidation sites excluding steroid dienone is 2. The molecule has 17 heavy (non-hydrogen) atoms. The Kier molecular flexibility index (Phi) is 4.18. The number of aliphatic hydroxyl groups is 1. The molecule has 4 heteroatoms. The molecule has 1 amide bonds. The van der Waals surface area contributed by atoms with E-state index >= 15 is 0 Å². The molecule has 2 aliphatic rings. The molecule has 1 N–H and O–H groups in total. The Bertz CT molecular complexity index is 303. The van der Waals surface area contributed by atoms with Gasteiger partial charge in [-0.25, -0.2) is 0 Å². The fraction of sp³-hybridized carbons (Fsp3) is 0.769. The van der Waals surface area contributed by atoms with Crippen LogP contribution in [0.5, 0.6) is 0 Å². The molecule has 3 atom stereocenters. The molecule has 3 unspecified atom stereocenters. The van der Waals surface area contributed by atoms with Crippen LogP contribution in [0.15, 0.2) is 12.2 Å². The number of carbonyl (C=O) groups excluding carboxylic acids is 1. The molecular formula is C13H21NO3. The standard InChI is InChI=1S/C13H21NO3/c1-10-9-17-12(8-15)7-14(10)13(16)11-5-3-2-4-6-11/h2-3,10-12,15H,4-9H2,1H3. The first-order valence-corrected chi connectivity index (χ1v) is 6.40. The van der Waals surface area contributed by atoms with Crippen molar-refractivity contribution in [2.24, 2.45) is 5.92 Å². The summed E-state index contributed by atoms with van der Waals surface area (Å²) in [5, 5.41) is 9.11. The van der Waals surface area contributed by atoms with Crippen LogP contribution in [0, 0.1) is 5.92 Å². The zero-order chi connectivity index (χ0) is 12.3. The molecule has 1 heterocycles. The maximum Gasteiger partial charge on any atom is 0.226 e. The summed E-state index contributed by atoms with van der Waals surface area (Å²) in [4.78, 5) is 14.3. The van der Waals surface area contributed by atoms with Crippen LogP contribution in [0.3, 0.4) is 0 Å². The lowest BCUT2D eigenvalue weighted by molar-refractivity contribution is -0.150. The minimum absolute atomic E-state index is 0.0128. The van der Waals surface area contributed by atoms with E-state index in [1.165, 1.54) is 0 Å². The molecule has 0 bridgehead atoms. The van der Waals surface area contributed by atoms with Gasteiger partial charge in [0.05, 0.1) is 25.4 Å². The van der Waals surface area contributed by atoms with Crippen LogP contribution in [0.1, 0.15) is 26.2 Å². The van der Waals surface area contributed by atoms with E-state index in [-0.39, 0.29) is 30.6 Å². The highest BCUT2D eigenvalue weighted by Gasteiger charge is 2.32. The van der Waals surface area contributed by atoms with Gasteiger partial charge in [0.1, 0.15) is 0 Å². The summed E-state index contributed by atoms with van der Waals surface area (Å²) in [5.41, 5.74) is 0. The third-order valence-electron chi connectivity index (χ3n) is 3.61. The summed E-state index contributed by atoms with van der Waals surface area (Å²) in [6, 6.07) is 0.121. The maximum atomic E-state index is 12.4. The number of hydrogen-bond acceptors (Lipinski definition) is 3. The number of rotatable bonds is 2. The third-order valence-corrected chi connectivity index (χ3v) is 3.61. The van der Waals surface area contributed by atoms with Crippen LogP contribution in [-0.2, 0) is 9.53 Å². The molecule has 1 aliphatic carbocycles. The Balaban J connectivity index is 1.98. The van der Waals surface area contributed by atoms with Crippen molar-refractivity contribution in [2.45, 2.75) is 38.3 Å². The van der Waals surface area contributed by atoms with Gasteiger partial charge in [-0.05, 0) is 26.2 Å². The van der Waals surface area contributed by atoms with Crippen molar-refractivity contribution < 1.29 is 14.6 Å². The van der Waals surface area contributed by atoms with Crippen molar-refractivity contribution in [1.82, 2.24) is 4.90 Å². The first-order chi connectivity index (χ1) is 8.22. The average Bonchev–Trinajstić information content (AvgIpc) is 2.39. The van der Waals surface area contributed by atoms with Crippen molar-refractivity contribution in [3.05, 3.63) is 12.2 Å². The quantitative estimate of drug-likeness (QED) is 0.730. The van der Waals surface area contributed by atoms with E-state index in [1.54, 1.807) is 0 Å². The predicted molar refractivity (Wildman–Crippen MR) is 64.5 cm³/mol. The van der Waals surface area contributed by atoms with Crippen molar-refractivity contribution in [2.75, 3.05) is 19.8 Å². The van der Waals surface area contributed by atoms with Crippen LogP contribution >= 0.6 is 0 Å². The Morgan fingerprint density at radius 2 is 2.35 bits per heavy atom. The second-order valence-electron chi connectivity index (χ2n) is 4.96. The predicted octanol–water partition coefficient (Wildman–Crippen LogP) is 0.951. The molecular weight excluding hydrogens is 218 g/mol. The van der Waals surface area contributed by atoms with Gasteiger partial charge in [-0.15, -0.1) is 0 Å². The molecule has 1 fully saturated rings. The number of nitrogens with zero attached hydrogens (tertiary/aromatic N) is 1. The van der Waals surface area contributed by atoms with Gasteiger partial charge < -0.3 is 14.7 Å². The maximum absolute atomic E-state index is 12.4. The van der Waals surface area contributed by atoms with E-state index in [0.717, 1.165) is 19.3 Å². The molecule has 4 nitrogen and oxygen atoms in total. The zero-order valence-corrected chi connectivity index (χ0v) is 10.3. The summed E-state index contributed by atoms with van der Waals surface area (Å²) in [6.45, 7) is 3.04. The number of amides is 1. The van der Waals surface area contributed by atoms with Crippen molar-refractivity contribution in [1.29, 1.82) is 0 Å². The Hall–Kier alpha value is -0.870. The highest BCUT2D eigenvalue weighted by Crippen LogP contribution is 2.23. The zero-order valence-electron chi connectivity index (χ0n) is 10.3. The number of aliphatic hydroxyl groups excluding tert-OH is 1. The van der Waals surface area contributed by atoms with Gasteiger partial charge >= 0.3 is 0 Å². The summed E-state index contributed by atoms with van der Waals surface area (Å²) in [5.74, 6) is 0.350. The van der Waals surface area contributed by atoms with E-state index in [9.17, 15) is 4.79 Å². The number of hydrogen-bond donors (Lipinski definition) is 1. The van der Waals surface area contributed by atoms with Gasteiger partial charge in [-0.1, -0.05) is 12.2 Å². The second-order valence-corrected chi connectivity index (χ2v) is 4.96. The summed E-state index contributed by atoms with van der Waals surface area (Å²) >= 11 is 0. The molecule has 1 aliphatic heterocycles. The van der Waals surface area contributed by atoms with Gasteiger partial charge in [0.15, 0.2) is 0 Å². The smallest absolute Gasteiger partial charge is 0.226 e. The fourth-order valence-corrected chi connectivity index (χ4v) is 2.49. The van der Waals surface area contributed by atoms with E-state index in [0.29, 0.717) is 13.2 Å². The Morgan fingerprint density at radius 3 is 3.00 bits per heavy atom. The lowest BCUT2D eigenvalue weighted by atomic mass is 9.92. The van der Waals surface area contributed by atoms with Gasteiger partial charge in [0, 0.05) is 12.5 Å². The lowest BCUT2D eigenvalue weighted by Crippen LogP contribution is -2.53. The molecule has 96 valence electrons. The lowest BCUT2D eigenvalue weighted by Gasteiger charge is -2.39. The van der Waals surface area contributed by atoms with Crippen molar-refractivity contribution in [3.8, 4) is 0 Å². The Morgan fingerprint density at radius 1 is 1.53 bits per heavy atom. The van der Waals surface area contributed by atoms with E-state index in [4.69, 9.17) is 9.84 Å². The topological polar surface area (TPSA) is 49.8 Å². The molecule has 2 rings (SSSR count). The molecule has 0 aromatic rings. The van der Waals surface area contributed by atoms with Crippen LogP contribution in [-0.4, -0.2) is 47.8 Å². The van der Waals surface area contributed by atoms with E-state index in [1.807, 2.05) is 11.8 Å². The number of carbonyl (C=O) groups is 1. The normalized spacial score (nSPS) is 33.8. The van der Waals surface area contributed by atoms with E-state index < -0.39 is 0 Å². The molecule has 0 aromatic heterocycles. The minimum Gasteiger partial charge on any atom is -0.394 e. The monoisotopic (exact) mass is 239 g/mol. The van der Waals surface area contributed by atoms with Crippen LogP contribution in [0.2, 0.25) is 0 Å². The number of morpholine rings is 1. The van der Waals surface area contributed by atoms with Crippen LogP contribution in [0.4, 0.5) is 0 Å². The highest BCUT2D eigenvalue weighted by atomic mass is 16.5. The van der Waals surface area contributed by atoms with Crippen LogP contribution in [0.25, 0.3) is 0 Å². The SMILES string of the molecule is CC1COC(CO)CN1C(=O)C1CC=CCC1. The minimum atomic E-state index is -0.214. The fourth-order valence-electron chi connectivity index (χ4n) is 2.49. The molecule has 0 radical (unpaired) electrons. The molecule has 1 saturated heterocycles. The first kappa shape index (κ1) is 12.6. The van der Waals surface area contributed by atoms with Crippen molar-refractivity contribution in [3.63, 3.8) is 0 Å². The van der Waals surface area contributed by atoms with Gasteiger partial charge in [-0.3, -0.25) is 4.79 Å². The van der Waals surface area contributed by atoms with Crippen molar-refractivity contribution >= 4 is 5.91 Å². The third kappa shape index (κ3) is 2.87. The molecule has 0 aromatic carbocycles. The highest BCUT2D eigenvalue weighted by molar-refractivity contribution is 5.79. The molecule has 0 spiro atoms. The summed E-state index contributed by atoms with van der Waals surface area (Å²) in [6.07, 6.45) is 6.83. The molecule has 0 saturated carbocycles. The summed E-state index contributed by atoms with van der Waals surface area (Å²) in [7, 11) is 0. The van der Waals surface area contributed by atoms with Gasteiger partial charge in [0.2, 0.25) is 5.91 Å². The van der Waals surface area contributed by atoms with Gasteiger partial charge in [-0.2, -0.15) is 0 Å². The Labute approximate surface area is 102 Å². The first-order valence-electron chi connectivity index (χ1n) is 6.40. The average molecular weight is 239 g/mol. The largest absolute Gasteiger partial charge is 0.394 e.